The lowest BCUT2D eigenvalue weighted by Gasteiger charge is -2.17. The average molecular weight is 244 g/mol. The summed E-state index contributed by atoms with van der Waals surface area (Å²) in [5.74, 6) is 0.906. The molecule has 0 aliphatic heterocycles. The van der Waals surface area contributed by atoms with Gasteiger partial charge in [0.05, 0.1) is 7.11 Å². The highest BCUT2D eigenvalue weighted by atomic mass is 16.5. The molecular weight excluding hydrogens is 224 g/mol. The monoisotopic (exact) mass is 244 g/mol. The minimum atomic E-state index is 0.906. The summed E-state index contributed by atoms with van der Waals surface area (Å²) < 4.78 is 7.32. The quantitative estimate of drug-likeness (QED) is 0.804. The predicted molar refractivity (Wildman–Crippen MR) is 73.6 cm³/mol. The second-order valence-electron chi connectivity index (χ2n) is 4.63. The minimum absolute atomic E-state index is 0.906. The summed E-state index contributed by atoms with van der Waals surface area (Å²) in [6.07, 6.45) is 2.08. The summed E-state index contributed by atoms with van der Waals surface area (Å²) in [4.78, 5) is 2.30. The van der Waals surface area contributed by atoms with Crippen LogP contribution in [0, 0.1) is 0 Å². The number of rotatable bonds is 5. The molecule has 0 aliphatic carbocycles. The van der Waals surface area contributed by atoms with Gasteiger partial charge in [0.2, 0.25) is 0 Å². The van der Waals surface area contributed by atoms with Crippen LogP contribution in [0.1, 0.15) is 11.3 Å². The van der Waals surface area contributed by atoms with Crippen LogP contribution in [0.2, 0.25) is 0 Å². The first-order valence-electron chi connectivity index (χ1n) is 6.10. The molecule has 1 aromatic heterocycles. The predicted octanol–water partition coefficient (Wildman–Crippen LogP) is 2.67. The Hall–Kier alpha value is -1.74. The molecule has 3 nitrogen and oxygen atoms in total. The number of methoxy groups -OCH3 is 1. The molecule has 0 atom stereocenters. The fourth-order valence-electron chi connectivity index (χ4n) is 2.04. The number of ether oxygens (including phenoxy) is 1. The Morgan fingerprint density at radius 1 is 1.11 bits per heavy atom. The third kappa shape index (κ3) is 3.14. The van der Waals surface area contributed by atoms with Gasteiger partial charge in [-0.1, -0.05) is 12.1 Å². The molecule has 0 saturated carbocycles. The summed E-state index contributed by atoms with van der Waals surface area (Å²) in [6, 6.07) is 12.5. The number of aromatic nitrogens is 1. The van der Waals surface area contributed by atoms with Gasteiger partial charge in [-0.05, 0) is 36.9 Å². The van der Waals surface area contributed by atoms with Crippen LogP contribution in [0.4, 0.5) is 0 Å². The first-order valence-corrected chi connectivity index (χ1v) is 6.10. The Bertz CT molecular complexity index is 487. The highest BCUT2D eigenvalue weighted by molar-refractivity contribution is 5.27. The summed E-state index contributed by atoms with van der Waals surface area (Å²) in [7, 11) is 5.91. The molecule has 0 radical (unpaired) electrons. The zero-order valence-corrected chi connectivity index (χ0v) is 11.3. The van der Waals surface area contributed by atoms with E-state index in [0.717, 1.165) is 18.8 Å². The molecule has 0 bridgehead atoms. The molecule has 1 heterocycles. The molecule has 3 heteroatoms. The van der Waals surface area contributed by atoms with Gasteiger partial charge in [-0.25, -0.2) is 0 Å². The molecule has 0 aliphatic rings. The molecule has 0 spiro atoms. The van der Waals surface area contributed by atoms with Crippen LogP contribution >= 0.6 is 0 Å². The summed E-state index contributed by atoms with van der Waals surface area (Å²) in [6.45, 7) is 1.89. The highest BCUT2D eigenvalue weighted by Gasteiger charge is 2.04. The van der Waals surface area contributed by atoms with Crippen molar-refractivity contribution in [3.05, 3.63) is 53.9 Å². The van der Waals surface area contributed by atoms with Crippen molar-refractivity contribution >= 4 is 0 Å². The van der Waals surface area contributed by atoms with Gasteiger partial charge in [0.1, 0.15) is 5.75 Å². The van der Waals surface area contributed by atoms with Crippen molar-refractivity contribution in [2.75, 3.05) is 14.2 Å². The van der Waals surface area contributed by atoms with Crippen LogP contribution in [0.15, 0.2) is 42.6 Å². The minimum Gasteiger partial charge on any atom is -0.497 e. The van der Waals surface area contributed by atoms with Crippen molar-refractivity contribution in [2.45, 2.75) is 13.1 Å². The van der Waals surface area contributed by atoms with Gasteiger partial charge < -0.3 is 9.30 Å². The number of hydrogen-bond acceptors (Lipinski definition) is 2. The summed E-state index contributed by atoms with van der Waals surface area (Å²) in [5.41, 5.74) is 2.62. The maximum atomic E-state index is 5.16. The Kier molecular flexibility index (Phi) is 4.05. The lowest BCUT2D eigenvalue weighted by Crippen LogP contribution is -2.18. The van der Waals surface area contributed by atoms with E-state index in [1.54, 1.807) is 7.11 Å². The molecule has 0 fully saturated rings. The van der Waals surface area contributed by atoms with Gasteiger partial charge in [-0.2, -0.15) is 0 Å². The Balaban J connectivity index is 1.94. The lowest BCUT2D eigenvalue weighted by atomic mass is 10.2. The number of aryl methyl sites for hydroxylation is 1. The number of nitrogens with zero attached hydrogens (tertiary/aromatic N) is 2. The molecule has 0 unspecified atom stereocenters. The first kappa shape index (κ1) is 12.7. The van der Waals surface area contributed by atoms with E-state index in [0.29, 0.717) is 0 Å². The standard InChI is InChI=1S/C15H20N2O/c1-16(12-14-5-4-10-17(14)2)11-13-6-8-15(18-3)9-7-13/h4-10H,11-12H2,1-3H3. The van der Waals surface area contributed by atoms with Crippen molar-refractivity contribution in [2.24, 2.45) is 7.05 Å². The second kappa shape index (κ2) is 5.74. The van der Waals surface area contributed by atoms with Crippen LogP contribution in [0.3, 0.4) is 0 Å². The molecule has 0 N–H and O–H groups in total. The molecule has 2 aromatic rings. The van der Waals surface area contributed by atoms with Crippen LogP contribution in [-0.4, -0.2) is 23.6 Å². The van der Waals surface area contributed by atoms with E-state index in [-0.39, 0.29) is 0 Å². The van der Waals surface area contributed by atoms with Gasteiger partial charge in [-0.3, -0.25) is 4.90 Å². The van der Waals surface area contributed by atoms with Crippen LogP contribution in [0.25, 0.3) is 0 Å². The maximum Gasteiger partial charge on any atom is 0.118 e. The van der Waals surface area contributed by atoms with E-state index >= 15 is 0 Å². The van der Waals surface area contributed by atoms with Crippen LogP contribution in [0.5, 0.6) is 5.75 Å². The molecule has 0 amide bonds. The summed E-state index contributed by atoms with van der Waals surface area (Å²) >= 11 is 0. The van der Waals surface area contributed by atoms with Crippen molar-refractivity contribution < 1.29 is 4.74 Å². The first-order chi connectivity index (χ1) is 8.69. The topological polar surface area (TPSA) is 17.4 Å². The van der Waals surface area contributed by atoms with Crippen molar-refractivity contribution in [3.63, 3.8) is 0 Å². The third-order valence-corrected chi connectivity index (χ3v) is 3.09. The average Bonchev–Trinajstić information content (AvgIpc) is 2.76. The van der Waals surface area contributed by atoms with Gasteiger partial charge in [-0.15, -0.1) is 0 Å². The molecule has 96 valence electrons. The van der Waals surface area contributed by atoms with Gasteiger partial charge in [0.15, 0.2) is 0 Å². The van der Waals surface area contributed by atoms with E-state index < -0.39 is 0 Å². The largest absolute Gasteiger partial charge is 0.497 e. The second-order valence-corrected chi connectivity index (χ2v) is 4.63. The van der Waals surface area contributed by atoms with Gasteiger partial charge >= 0.3 is 0 Å². The van der Waals surface area contributed by atoms with E-state index in [4.69, 9.17) is 4.74 Å². The molecule has 18 heavy (non-hydrogen) atoms. The highest BCUT2D eigenvalue weighted by Crippen LogP contribution is 2.13. The summed E-state index contributed by atoms with van der Waals surface area (Å²) in [5, 5.41) is 0. The normalized spacial score (nSPS) is 10.9. The zero-order valence-electron chi connectivity index (χ0n) is 11.3. The van der Waals surface area contributed by atoms with Crippen molar-refractivity contribution in [3.8, 4) is 5.75 Å². The Labute approximate surface area is 109 Å². The van der Waals surface area contributed by atoms with E-state index in [1.807, 2.05) is 12.1 Å². The molecule has 2 rings (SSSR count). The SMILES string of the molecule is COc1ccc(CN(C)Cc2cccn2C)cc1. The fraction of sp³-hybridized carbons (Fsp3) is 0.333. The van der Waals surface area contributed by atoms with Gasteiger partial charge in [0.25, 0.3) is 0 Å². The van der Waals surface area contributed by atoms with E-state index in [9.17, 15) is 0 Å². The number of hydrogen-bond donors (Lipinski definition) is 0. The molecular formula is C15H20N2O. The fourth-order valence-corrected chi connectivity index (χ4v) is 2.04. The van der Waals surface area contributed by atoms with Gasteiger partial charge in [0, 0.05) is 32.0 Å². The van der Waals surface area contributed by atoms with E-state index in [2.05, 4.69) is 54.0 Å². The van der Waals surface area contributed by atoms with E-state index in [1.165, 1.54) is 11.3 Å². The molecule has 0 saturated heterocycles. The Morgan fingerprint density at radius 3 is 2.39 bits per heavy atom. The van der Waals surface area contributed by atoms with Crippen molar-refractivity contribution in [1.82, 2.24) is 9.47 Å². The van der Waals surface area contributed by atoms with Crippen molar-refractivity contribution in [1.29, 1.82) is 0 Å². The smallest absolute Gasteiger partial charge is 0.118 e. The maximum absolute atomic E-state index is 5.16. The van der Waals surface area contributed by atoms with Crippen LogP contribution in [-0.2, 0) is 20.1 Å². The Morgan fingerprint density at radius 2 is 1.83 bits per heavy atom. The number of benzene rings is 1. The molecule has 1 aromatic carbocycles. The van der Waals surface area contributed by atoms with Crippen LogP contribution < -0.4 is 4.74 Å². The zero-order chi connectivity index (χ0) is 13.0. The lowest BCUT2D eigenvalue weighted by molar-refractivity contribution is 0.311. The third-order valence-electron chi connectivity index (χ3n) is 3.09.